The SMILES string of the molecule is CCCCCCCOP(C)(=O)N(C)C. The van der Waals surface area contributed by atoms with E-state index in [9.17, 15) is 4.57 Å². The molecule has 0 aromatic carbocycles. The summed E-state index contributed by atoms with van der Waals surface area (Å²) in [5.41, 5.74) is 0. The maximum Gasteiger partial charge on any atom is 0.268 e. The third-order valence-corrected chi connectivity index (χ3v) is 4.42. The molecule has 1 atom stereocenters. The highest BCUT2D eigenvalue weighted by Crippen LogP contribution is 2.44. The molecule has 0 aromatic rings. The predicted molar refractivity (Wildman–Crippen MR) is 61.9 cm³/mol. The van der Waals surface area contributed by atoms with Crippen molar-refractivity contribution in [3.8, 4) is 0 Å². The van der Waals surface area contributed by atoms with E-state index in [0.717, 1.165) is 6.42 Å². The molecule has 0 rings (SSSR count). The third-order valence-electron chi connectivity index (χ3n) is 2.31. The van der Waals surface area contributed by atoms with Crippen LogP contribution in [-0.2, 0) is 9.09 Å². The molecule has 0 spiro atoms. The van der Waals surface area contributed by atoms with Crippen LogP contribution in [0.2, 0.25) is 0 Å². The van der Waals surface area contributed by atoms with Crippen molar-refractivity contribution in [2.45, 2.75) is 39.0 Å². The Kier molecular flexibility index (Phi) is 7.52. The van der Waals surface area contributed by atoms with E-state index < -0.39 is 7.52 Å². The lowest BCUT2D eigenvalue weighted by Crippen LogP contribution is -2.10. The molecule has 3 nitrogen and oxygen atoms in total. The van der Waals surface area contributed by atoms with Gasteiger partial charge in [-0.25, -0.2) is 4.67 Å². The quantitative estimate of drug-likeness (QED) is 0.465. The highest BCUT2D eigenvalue weighted by molar-refractivity contribution is 7.55. The molecule has 0 N–H and O–H groups in total. The fraction of sp³-hybridized carbons (Fsp3) is 1.00. The Morgan fingerprint density at radius 3 is 2.21 bits per heavy atom. The van der Waals surface area contributed by atoms with Gasteiger partial charge in [0.25, 0.3) is 7.52 Å². The zero-order valence-electron chi connectivity index (χ0n) is 9.95. The zero-order chi connectivity index (χ0) is 11.0. The molecule has 0 aliphatic rings. The Labute approximate surface area is 88.3 Å². The van der Waals surface area contributed by atoms with Crippen molar-refractivity contribution in [2.75, 3.05) is 27.4 Å². The molecule has 0 fully saturated rings. The first kappa shape index (κ1) is 14.2. The standard InChI is InChI=1S/C10H24NO2P/c1-5-6-7-8-9-10-13-14(4,12)11(2)3/h5-10H2,1-4H3. The Balaban J connectivity index is 3.40. The van der Waals surface area contributed by atoms with Crippen molar-refractivity contribution >= 4 is 7.52 Å². The van der Waals surface area contributed by atoms with Crippen LogP contribution in [0.3, 0.4) is 0 Å². The summed E-state index contributed by atoms with van der Waals surface area (Å²) in [7, 11) is 1.09. The first-order valence-electron chi connectivity index (χ1n) is 5.40. The molecule has 0 aliphatic heterocycles. The topological polar surface area (TPSA) is 29.5 Å². The Morgan fingerprint density at radius 1 is 1.14 bits per heavy atom. The van der Waals surface area contributed by atoms with E-state index in [-0.39, 0.29) is 0 Å². The van der Waals surface area contributed by atoms with Crippen molar-refractivity contribution in [1.29, 1.82) is 0 Å². The Bertz CT molecular complexity index is 183. The predicted octanol–water partition coefficient (Wildman–Crippen LogP) is 3.36. The number of hydrogen-bond acceptors (Lipinski definition) is 2. The van der Waals surface area contributed by atoms with Gasteiger partial charge in [-0.3, -0.25) is 4.57 Å². The number of rotatable bonds is 8. The molecule has 0 bridgehead atoms. The summed E-state index contributed by atoms with van der Waals surface area (Å²) >= 11 is 0. The van der Waals surface area contributed by atoms with Crippen LogP contribution in [0.25, 0.3) is 0 Å². The second-order valence-corrected chi connectivity index (χ2v) is 6.56. The molecule has 0 aliphatic carbocycles. The first-order valence-corrected chi connectivity index (χ1v) is 7.43. The molecule has 0 amide bonds. The minimum absolute atomic E-state index is 0.621. The zero-order valence-corrected chi connectivity index (χ0v) is 10.8. The highest BCUT2D eigenvalue weighted by atomic mass is 31.2. The lowest BCUT2D eigenvalue weighted by Gasteiger charge is -2.20. The van der Waals surface area contributed by atoms with E-state index in [1.165, 1.54) is 25.7 Å². The largest absolute Gasteiger partial charge is 0.318 e. The van der Waals surface area contributed by atoms with Gasteiger partial charge in [-0.05, 0) is 20.5 Å². The molecule has 0 radical (unpaired) electrons. The van der Waals surface area contributed by atoms with Crippen LogP contribution in [0.4, 0.5) is 0 Å². The van der Waals surface area contributed by atoms with Gasteiger partial charge in [0.05, 0.1) is 6.61 Å². The Morgan fingerprint density at radius 2 is 1.71 bits per heavy atom. The molecule has 0 saturated carbocycles. The van der Waals surface area contributed by atoms with E-state index in [4.69, 9.17) is 4.52 Å². The van der Waals surface area contributed by atoms with Crippen LogP contribution in [-0.4, -0.2) is 32.0 Å². The fourth-order valence-corrected chi connectivity index (χ4v) is 1.75. The van der Waals surface area contributed by atoms with Crippen LogP contribution in [0.1, 0.15) is 39.0 Å². The van der Waals surface area contributed by atoms with E-state index in [1.807, 2.05) is 0 Å². The summed E-state index contributed by atoms with van der Waals surface area (Å²) in [6, 6.07) is 0. The number of hydrogen-bond donors (Lipinski definition) is 0. The molecular formula is C10H24NO2P. The normalized spacial score (nSPS) is 15.8. The van der Waals surface area contributed by atoms with Crippen LogP contribution in [0.15, 0.2) is 0 Å². The van der Waals surface area contributed by atoms with Gasteiger partial charge in [0, 0.05) is 6.66 Å². The van der Waals surface area contributed by atoms with Crippen LogP contribution in [0, 0.1) is 0 Å². The lowest BCUT2D eigenvalue weighted by molar-refractivity contribution is 0.277. The maximum absolute atomic E-state index is 11.7. The molecule has 14 heavy (non-hydrogen) atoms. The summed E-state index contributed by atoms with van der Waals surface area (Å²) in [6.45, 7) is 4.48. The van der Waals surface area contributed by atoms with Crippen LogP contribution in [0.5, 0.6) is 0 Å². The molecular weight excluding hydrogens is 197 g/mol. The second kappa shape index (κ2) is 7.44. The fourth-order valence-electron chi connectivity index (χ4n) is 1.06. The van der Waals surface area contributed by atoms with Crippen LogP contribution >= 0.6 is 7.52 Å². The Hall–Kier alpha value is 0.150. The van der Waals surface area contributed by atoms with Gasteiger partial charge in [0.2, 0.25) is 0 Å². The first-order chi connectivity index (χ1) is 6.50. The summed E-state index contributed by atoms with van der Waals surface area (Å²) in [5, 5.41) is 0. The van der Waals surface area contributed by atoms with Crippen LogP contribution < -0.4 is 0 Å². The van der Waals surface area contributed by atoms with Gasteiger partial charge in [-0.2, -0.15) is 0 Å². The van der Waals surface area contributed by atoms with Gasteiger partial charge in [-0.1, -0.05) is 32.6 Å². The van der Waals surface area contributed by atoms with Gasteiger partial charge >= 0.3 is 0 Å². The second-order valence-electron chi connectivity index (χ2n) is 3.90. The van der Waals surface area contributed by atoms with Gasteiger partial charge in [-0.15, -0.1) is 0 Å². The molecule has 1 unspecified atom stereocenters. The number of nitrogens with zero attached hydrogens (tertiary/aromatic N) is 1. The maximum atomic E-state index is 11.7. The van der Waals surface area contributed by atoms with E-state index in [2.05, 4.69) is 6.92 Å². The summed E-state index contributed by atoms with van der Waals surface area (Å²) < 4.78 is 18.7. The molecule has 4 heteroatoms. The van der Waals surface area contributed by atoms with Gasteiger partial charge in [0.15, 0.2) is 0 Å². The lowest BCUT2D eigenvalue weighted by atomic mass is 10.2. The van der Waals surface area contributed by atoms with Gasteiger partial charge < -0.3 is 4.52 Å². The summed E-state index contributed by atoms with van der Waals surface area (Å²) in [4.78, 5) is 0. The number of unbranched alkanes of at least 4 members (excludes halogenated alkanes) is 4. The summed E-state index contributed by atoms with van der Waals surface area (Å²) in [6.07, 6.45) is 6.01. The van der Waals surface area contributed by atoms with E-state index >= 15 is 0 Å². The van der Waals surface area contributed by atoms with Crippen molar-refractivity contribution in [1.82, 2.24) is 4.67 Å². The minimum Gasteiger partial charge on any atom is -0.318 e. The molecule has 86 valence electrons. The van der Waals surface area contributed by atoms with Crippen molar-refractivity contribution < 1.29 is 9.09 Å². The van der Waals surface area contributed by atoms with E-state index in [1.54, 1.807) is 25.4 Å². The smallest absolute Gasteiger partial charge is 0.268 e. The van der Waals surface area contributed by atoms with Crippen molar-refractivity contribution in [3.05, 3.63) is 0 Å². The van der Waals surface area contributed by atoms with Crippen molar-refractivity contribution in [2.24, 2.45) is 0 Å². The minimum atomic E-state index is -2.49. The third kappa shape index (κ3) is 6.58. The highest BCUT2D eigenvalue weighted by Gasteiger charge is 2.17. The average Bonchev–Trinajstić information content (AvgIpc) is 2.10. The monoisotopic (exact) mass is 221 g/mol. The molecule has 0 heterocycles. The summed E-state index contributed by atoms with van der Waals surface area (Å²) in [5.74, 6) is 0. The van der Waals surface area contributed by atoms with Gasteiger partial charge in [0.1, 0.15) is 0 Å². The van der Waals surface area contributed by atoms with E-state index in [0.29, 0.717) is 6.61 Å². The average molecular weight is 221 g/mol. The molecule has 0 aromatic heterocycles. The van der Waals surface area contributed by atoms with Crippen molar-refractivity contribution in [3.63, 3.8) is 0 Å². The molecule has 0 saturated heterocycles.